The molecule has 7 heteroatoms. The molecule has 0 radical (unpaired) electrons. The number of rotatable bonds is 6. The van der Waals surface area contributed by atoms with Crippen molar-refractivity contribution in [2.45, 2.75) is 32.7 Å². The van der Waals surface area contributed by atoms with Crippen LogP contribution >= 0.6 is 11.6 Å². The molecule has 1 aromatic heterocycles. The molecule has 6 nitrogen and oxygen atoms in total. The van der Waals surface area contributed by atoms with Crippen molar-refractivity contribution >= 4 is 17.6 Å². The van der Waals surface area contributed by atoms with Gasteiger partial charge in [0.2, 0.25) is 0 Å². The van der Waals surface area contributed by atoms with Gasteiger partial charge in [0.25, 0.3) is 0 Å². The summed E-state index contributed by atoms with van der Waals surface area (Å²) in [5.41, 5.74) is 1.18. The van der Waals surface area contributed by atoms with Crippen molar-refractivity contribution in [3.05, 3.63) is 47.0 Å². The number of aryl methyl sites for hydroxylation is 1. The van der Waals surface area contributed by atoms with Crippen LogP contribution in [0.4, 0.5) is 0 Å². The Balaban J connectivity index is 2.02. The molecular formula is C17H25ClN6. The maximum atomic E-state index is 5.98. The van der Waals surface area contributed by atoms with Gasteiger partial charge >= 0.3 is 0 Å². The Morgan fingerprint density at radius 3 is 2.54 bits per heavy atom. The van der Waals surface area contributed by atoms with Crippen LogP contribution in [0.3, 0.4) is 0 Å². The van der Waals surface area contributed by atoms with Crippen molar-refractivity contribution in [3.63, 3.8) is 0 Å². The number of aromatic nitrogens is 3. The normalized spacial score (nSPS) is 12.3. The Morgan fingerprint density at radius 1 is 1.25 bits per heavy atom. The first kappa shape index (κ1) is 18.3. The van der Waals surface area contributed by atoms with Gasteiger partial charge in [-0.3, -0.25) is 4.68 Å². The van der Waals surface area contributed by atoms with E-state index in [0.717, 1.165) is 29.9 Å². The van der Waals surface area contributed by atoms with Crippen LogP contribution in [0.2, 0.25) is 5.02 Å². The van der Waals surface area contributed by atoms with E-state index in [9.17, 15) is 0 Å². The number of guanidine groups is 1. The van der Waals surface area contributed by atoms with Gasteiger partial charge in [-0.2, -0.15) is 5.10 Å². The van der Waals surface area contributed by atoms with Crippen LogP contribution in [0.1, 0.15) is 32.2 Å². The third-order valence-corrected chi connectivity index (χ3v) is 4.10. The molecule has 2 aromatic rings. The molecule has 2 rings (SSSR count). The van der Waals surface area contributed by atoms with Crippen LogP contribution in [-0.4, -0.2) is 33.8 Å². The molecule has 0 saturated carbocycles. The van der Waals surface area contributed by atoms with E-state index >= 15 is 0 Å². The lowest BCUT2D eigenvalue weighted by molar-refractivity contribution is 0.508. The molecule has 0 atom stereocenters. The van der Waals surface area contributed by atoms with Crippen molar-refractivity contribution < 1.29 is 0 Å². The summed E-state index contributed by atoms with van der Waals surface area (Å²) in [4.78, 5) is 8.77. The maximum Gasteiger partial charge on any atom is 0.191 e. The topological polar surface area (TPSA) is 67.1 Å². The van der Waals surface area contributed by atoms with Gasteiger partial charge in [0.15, 0.2) is 5.96 Å². The highest BCUT2D eigenvalue weighted by Gasteiger charge is 2.20. The van der Waals surface area contributed by atoms with Crippen molar-refractivity contribution in [2.24, 2.45) is 12.0 Å². The molecule has 0 fully saturated rings. The zero-order chi connectivity index (χ0) is 17.6. The Morgan fingerprint density at radius 2 is 1.96 bits per heavy atom. The van der Waals surface area contributed by atoms with Crippen LogP contribution < -0.4 is 10.6 Å². The van der Waals surface area contributed by atoms with E-state index in [1.165, 1.54) is 11.9 Å². The van der Waals surface area contributed by atoms with Crippen LogP contribution in [-0.2, 0) is 19.0 Å². The Labute approximate surface area is 148 Å². The number of hydrogen-bond acceptors (Lipinski definition) is 3. The fourth-order valence-electron chi connectivity index (χ4n) is 2.26. The molecule has 0 saturated heterocycles. The zero-order valence-corrected chi connectivity index (χ0v) is 15.4. The van der Waals surface area contributed by atoms with E-state index in [2.05, 4.69) is 51.7 Å². The Bertz CT molecular complexity index is 675. The Kier molecular flexibility index (Phi) is 6.20. The van der Waals surface area contributed by atoms with Gasteiger partial charge in [0.05, 0.1) is 0 Å². The number of nitrogens with one attached hydrogen (secondary N) is 2. The lowest BCUT2D eigenvalue weighted by Gasteiger charge is -2.27. The molecule has 0 bridgehead atoms. The molecule has 1 heterocycles. The average Bonchev–Trinajstić information content (AvgIpc) is 2.96. The predicted octanol–water partition coefficient (Wildman–Crippen LogP) is 2.50. The maximum absolute atomic E-state index is 5.98. The molecule has 24 heavy (non-hydrogen) atoms. The summed E-state index contributed by atoms with van der Waals surface area (Å²) < 4.78 is 1.73. The predicted molar refractivity (Wildman–Crippen MR) is 98.3 cm³/mol. The van der Waals surface area contributed by atoms with E-state index in [-0.39, 0.29) is 5.41 Å². The first-order valence-electron chi connectivity index (χ1n) is 8.03. The quantitative estimate of drug-likeness (QED) is 0.621. The summed E-state index contributed by atoms with van der Waals surface area (Å²) in [6.07, 6.45) is 1.54. The third-order valence-electron chi connectivity index (χ3n) is 3.85. The van der Waals surface area contributed by atoms with E-state index < -0.39 is 0 Å². The smallest absolute Gasteiger partial charge is 0.191 e. The first-order chi connectivity index (χ1) is 11.4. The fourth-order valence-corrected chi connectivity index (χ4v) is 2.39. The molecule has 0 unspecified atom stereocenters. The van der Waals surface area contributed by atoms with Crippen molar-refractivity contribution in [1.82, 2.24) is 25.4 Å². The second-order valence-corrected chi connectivity index (χ2v) is 6.68. The molecule has 0 spiro atoms. The fraction of sp³-hybridized carbons (Fsp3) is 0.471. The highest BCUT2D eigenvalue weighted by atomic mass is 35.5. The van der Waals surface area contributed by atoms with Gasteiger partial charge in [-0.15, -0.1) is 0 Å². The molecule has 0 amide bonds. The molecule has 0 aliphatic heterocycles. The van der Waals surface area contributed by atoms with Gasteiger partial charge < -0.3 is 10.6 Å². The molecule has 130 valence electrons. The lowest BCUT2D eigenvalue weighted by Crippen LogP contribution is -2.43. The van der Waals surface area contributed by atoms with E-state index in [1.807, 2.05) is 26.1 Å². The monoisotopic (exact) mass is 348 g/mol. The van der Waals surface area contributed by atoms with Gasteiger partial charge in [-0.05, 0) is 24.6 Å². The van der Waals surface area contributed by atoms with Crippen molar-refractivity contribution in [2.75, 3.05) is 13.1 Å². The minimum absolute atomic E-state index is 0.0500. The number of aliphatic imine (C=N–C) groups is 1. The lowest BCUT2D eigenvalue weighted by atomic mass is 9.85. The third kappa shape index (κ3) is 4.96. The minimum atomic E-state index is -0.0500. The summed E-state index contributed by atoms with van der Waals surface area (Å²) in [5, 5.41) is 11.5. The highest BCUT2D eigenvalue weighted by Crippen LogP contribution is 2.23. The SMILES string of the molecule is CCNC(=NCc1ncnn1C)NCC(C)(C)c1ccc(Cl)cc1. The van der Waals surface area contributed by atoms with E-state index in [0.29, 0.717) is 6.54 Å². The summed E-state index contributed by atoms with van der Waals surface area (Å²) in [7, 11) is 1.86. The van der Waals surface area contributed by atoms with Gasteiger partial charge in [-0.25, -0.2) is 9.98 Å². The summed E-state index contributed by atoms with van der Waals surface area (Å²) >= 11 is 5.98. The van der Waals surface area contributed by atoms with Gasteiger partial charge in [-0.1, -0.05) is 37.6 Å². The van der Waals surface area contributed by atoms with Crippen LogP contribution in [0, 0.1) is 0 Å². The summed E-state index contributed by atoms with van der Waals surface area (Å²) in [6, 6.07) is 7.97. The molecule has 0 aliphatic carbocycles. The van der Waals surface area contributed by atoms with Crippen LogP contribution in [0.25, 0.3) is 0 Å². The first-order valence-corrected chi connectivity index (χ1v) is 8.41. The molecular weight excluding hydrogens is 324 g/mol. The summed E-state index contributed by atoms with van der Waals surface area (Å²) in [5.74, 6) is 1.59. The average molecular weight is 349 g/mol. The zero-order valence-electron chi connectivity index (χ0n) is 14.7. The minimum Gasteiger partial charge on any atom is -0.357 e. The number of halogens is 1. The molecule has 2 N–H and O–H groups in total. The van der Waals surface area contributed by atoms with Gasteiger partial charge in [0, 0.05) is 30.6 Å². The molecule has 1 aromatic carbocycles. The number of nitrogens with zero attached hydrogens (tertiary/aromatic N) is 4. The number of hydrogen-bond donors (Lipinski definition) is 2. The standard InChI is InChI=1S/C17H25ClN6/c1-5-19-16(20-10-15-22-12-23-24(15)4)21-11-17(2,3)13-6-8-14(18)9-7-13/h6-9,12H,5,10-11H2,1-4H3,(H2,19,20,21). The Hall–Kier alpha value is -2.08. The van der Waals surface area contributed by atoms with E-state index in [4.69, 9.17) is 11.6 Å². The highest BCUT2D eigenvalue weighted by molar-refractivity contribution is 6.30. The van der Waals surface area contributed by atoms with E-state index in [1.54, 1.807) is 4.68 Å². The van der Waals surface area contributed by atoms with Crippen molar-refractivity contribution in [3.8, 4) is 0 Å². The van der Waals surface area contributed by atoms with Crippen molar-refractivity contribution in [1.29, 1.82) is 0 Å². The van der Waals surface area contributed by atoms with Crippen LogP contribution in [0.5, 0.6) is 0 Å². The molecule has 0 aliphatic rings. The second kappa shape index (κ2) is 8.15. The number of benzene rings is 1. The van der Waals surface area contributed by atoms with Crippen LogP contribution in [0.15, 0.2) is 35.6 Å². The van der Waals surface area contributed by atoms with Gasteiger partial charge in [0.1, 0.15) is 18.7 Å². The largest absolute Gasteiger partial charge is 0.357 e. The summed E-state index contributed by atoms with van der Waals surface area (Å²) in [6.45, 7) is 8.45. The second-order valence-electron chi connectivity index (χ2n) is 6.24.